The molecule has 4 N–H and O–H groups in total. The molecule has 6 nitrogen and oxygen atoms in total. The second-order valence-electron chi connectivity index (χ2n) is 5.28. The van der Waals surface area contributed by atoms with E-state index in [1.54, 1.807) is 0 Å². The topological polar surface area (TPSA) is 102 Å². The molecule has 2 rings (SSSR count). The molecule has 1 amide bonds. The Morgan fingerprint density at radius 3 is 2.62 bits per heavy atom. The number of benzene rings is 1. The second-order valence-corrected chi connectivity index (χ2v) is 5.28. The van der Waals surface area contributed by atoms with E-state index in [1.807, 2.05) is 30.3 Å². The van der Waals surface area contributed by atoms with Gasteiger partial charge in [-0.15, -0.1) is 0 Å². The highest BCUT2D eigenvalue weighted by Crippen LogP contribution is 2.27. The summed E-state index contributed by atoms with van der Waals surface area (Å²) in [6, 6.07) is 8.02. The average Bonchev–Trinajstić information content (AvgIpc) is 2.89. The molecule has 0 heterocycles. The SMILES string of the molecule is N[C@H]1CCC[C@@H]1[C@H](NC(=O)OCc1ccccc1)C(=O)O. The number of amides is 1. The number of nitrogens with one attached hydrogen (secondary N) is 1. The Morgan fingerprint density at radius 1 is 1.33 bits per heavy atom. The predicted molar refractivity (Wildman–Crippen MR) is 76.5 cm³/mol. The van der Waals surface area contributed by atoms with Gasteiger partial charge in [0.15, 0.2) is 0 Å². The van der Waals surface area contributed by atoms with Crippen LogP contribution in [0, 0.1) is 5.92 Å². The van der Waals surface area contributed by atoms with E-state index in [-0.39, 0.29) is 18.6 Å². The molecule has 1 aromatic rings. The molecule has 0 unspecified atom stereocenters. The van der Waals surface area contributed by atoms with Crippen LogP contribution >= 0.6 is 0 Å². The first kappa shape index (κ1) is 15.3. The van der Waals surface area contributed by atoms with Crippen LogP contribution in [0.25, 0.3) is 0 Å². The number of aliphatic carboxylic acids is 1. The molecule has 0 saturated heterocycles. The Hall–Kier alpha value is -2.08. The van der Waals surface area contributed by atoms with Gasteiger partial charge in [-0.1, -0.05) is 36.8 Å². The van der Waals surface area contributed by atoms with Crippen LogP contribution in [0.4, 0.5) is 4.79 Å². The zero-order valence-corrected chi connectivity index (χ0v) is 11.7. The Balaban J connectivity index is 1.88. The van der Waals surface area contributed by atoms with Gasteiger partial charge < -0.3 is 20.9 Å². The maximum absolute atomic E-state index is 11.8. The van der Waals surface area contributed by atoms with E-state index in [0.717, 1.165) is 18.4 Å². The zero-order valence-electron chi connectivity index (χ0n) is 11.7. The van der Waals surface area contributed by atoms with E-state index in [1.165, 1.54) is 0 Å². The minimum Gasteiger partial charge on any atom is -0.480 e. The number of rotatable bonds is 5. The summed E-state index contributed by atoms with van der Waals surface area (Å²) in [7, 11) is 0. The zero-order chi connectivity index (χ0) is 15.2. The molecule has 1 fully saturated rings. The summed E-state index contributed by atoms with van der Waals surface area (Å²) in [4.78, 5) is 23.1. The number of carbonyl (C=O) groups excluding carboxylic acids is 1. The number of ether oxygens (including phenoxy) is 1. The minimum absolute atomic E-state index is 0.107. The Bertz CT molecular complexity index is 492. The van der Waals surface area contributed by atoms with Crippen molar-refractivity contribution >= 4 is 12.1 Å². The van der Waals surface area contributed by atoms with Crippen molar-refractivity contribution in [1.29, 1.82) is 0 Å². The van der Waals surface area contributed by atoms with Crippen LogP contribution in [0.1, 0.15) is 24.8 Å². The standard InChI is InChI=1S/C15H20N2O4/c16-12-8-4-7-11(12)13(14(18)19)17-15(20)21-9-10-5-2-1-3-6-10/h1-3,5-6,11-13H,4,7-9,16H2,(H,17,20)(H,18,19)/t11-,12-,13-/m0/s1. The molecule has 1 aliphatic rings. The number of alkyl carbamates (subject to hydrolysis) is 1. The van der Waals surface area contributed by atoms with Crippen LogP contribution in [-0.4, -0.2) is 29.3 Å². The van der Waals surface area contributed by atoms with Crippen LogP contribution in [0.2, 0.25) is 0 Å². The van der Waals surface area contributed by atoms with Gasteiger partial charge in [-0.05, 0) is 18.4 Å². The van der Waals surface area contributed by atoms with Crippen LogP contribution in [0.3, 0.4) is 0 Å². The molecule has 0 aliphatic heterocycles. The molecular weight excluding hydrogens is 272 g/mol. The second kappa shape index (κ2) is 7.08. The van der Waals surface area contributed by atoms with Crippen LogP contribution < -0.4 is 11.1 Å². The maximum Gasteiger partial charge on any atom is 0.408 e. The summed E-state index contributed by atoms with van der Waals surface area (Å²) in [6.45, 7) is 0.107. The third kappa shape index (κ3) is 4.19. The monoisotopic (exact) mass is 292 g/mol. The lowest BCUT2D eigenvalue weighted by molar-refractivity contribution is -0.141. The summed E-state index contributed by atoms with van der Waals surface area (Å²) >= 11 is 0. The van der Waals surface area contributed by atoms with Crippen LogP contribution in [0.5, 0.6) is 0 Å². The quantitative estimate of drug-likeness (QED) is 0.763. The molecule has 0 radical (unpaired) electrons. The Labute approximate surface area is 123 Å². The molecule has 6 heteroatoms. The number of nitrogens with two attached hydrogens (primary N) is 1. The number of hydrogen-bond acceptors (Lipinski definition) is 4. The van der Waals surface area contributed by atoms with Gasteiger partial charge in [-0.2, -0.15) is 0 Å². The molecular formula is C15H20N2O4. The summed E-state index contributed by atoms with van der Waals surface area (Å²) in [6.07, 6.45) is 1.65. The molecule has 114 valence electrons. The molecule has 21 heavy (non-hydrogen) atoms. The van der Waals surface area contributed by atoms with Crippen molar-refractivity contribution in [2.45, 2.75) is 38.0 Å². The summed E-state index contributed by atoms with van der Waals surface area (Å²) < 4.78 is 5.05. The largest absolute Gasteiger partial charge is 0.480 e. The highest BCUT2D eigenvalue weighted by atomic mass is 16.5. The van der Waals surface area contributed by atoms with E-state index in [9.17, 15) is 14.7 Å². The normalized spacial score (nSPS) is 22.5. The molecule has 0 bridgehead atoms. The number of hydrogen-bond donors (Lipinski definition) is 3. The smallest absolute Gasteiger partial charge is 0.408 e. The summed E-state index contributed by atoms with van der Waals surface area (Å²) in [5.74, 6) is -1.32. The van der Waals surface area contributed by atoms with E-state index in [0.29, 0.717) is 6.42 Å². The highest BCUT2D eigenvalue weighted by molar-refractivity contribution is 5.80. The van der Waals surface area contributed by atoms with Crippen molar-refractivity contribution in [1.82, 2.24) is 5.32 Å². The third-order valence-corrected chi connectivity index (χ3v) is 3.81. The van der Waals surface area contributed by atoms with E-state index in [4.69, 9.17) is 10.5 Å². The van der Waals surface area contributed by atoms with Crippen molar-refractivity contribution in [3.05, 3.63) is 35.9 Å². The number of carbonyl (C=O) groups is 2. The fourth-order valence-electron chi connectivity index (χ4n) is 2.67. The van der Waals surface area contributed by atoms with Gasteiger partial charge in [-0.25, -0.2) is 9.59 Å². The van der Waals surface area contributed by atoms with Gasteiger partial charge >= 0.3 is 12.1 Å². The van der Waals surface area contributed by atoms with E-state index in [2.05, 4.69) is 5.32 Å². The lowest BCUT2D eigenvalue weighted by atomic mass is 9.95. The number of carboxylic acid groups (broad SMARTS) is 1. The molecule has 0 spiro atoms. The van der Waals surface area contributed by atoms with Gasteiger partial charge in [0.1, 0.15) is 12.6 Å². The van der Waals surface area contributed by atoms with Crippen molar-refractivity contribution in [2.24, 2.45) is 11.7 Å². The van der Waals surface area contributed by atoms with Gasteiger partial charge in [0.25, 0.3) is 0 Å². The first-order chi connectivity index (χ1) is 10.1. The molecule has 3 atom stereocenters. The fourth-order valence-corrected chi connectivity index (χ4v) is 2.67. The van der Waals surface area contributed by atoms with Gasteiger partial charge in [0, 0.05) is 12.0 Å². The maximum atomic E-state index is 11.8. The van der Waals surface area contributed by atoms with Crippen molar-refractivity contribution in [3.63, 3.8) is 0 Å². The first-order valence-electron chi connectivity index (χ1n) is 7.03. The van der Waals surface area contributed by atoms with Gasteiger partial charge in [0.2, 0.25) is 0 Å². The fraction of sp³-hybridized carbons (Fsp3) is 0.467. The van der Waals surface area contributed by atoms with Crippen molar-refractivity contribution in [2.75, 3.05) is 0 Å². The molecule has 1 aliphatic carbocycles. The Morgan fingerprint density at radius 2 is 2.05 bits per heavy atom. The van der Waals surface area contributed by atoms with Gasteiger partial charge in [-0.3, -0.25) is 0 Å². The highest BCUT2D eigenvalue weighted by Gasteiger charge is 2.37. The van der Waals surface area contributed by atoms with Crippen molar-refractivity contribution < 1.29 is 19.4 Å². The van der Waals surface area contributed by atoms with E-state index < -0.39 is 18.1 Å². The first-order valence-corrected chi connectivity index (χ1v) is 7.03. The predicted octanol–water partition coefficient (Wildman–Crippen LogP) is 1.49. The van der Waals surface area contributed by atoms with Crippen LogP contribution in [0.15, 0.2) is 30.3 Å². The van der Waals surface area contributed by atoms with E-state index >= 15 is 0 Å². The van der Waals surface area contributed by atoms with Gasteiger partial charge in [0.05, 0.1) is 0 Å². The lowest BCUT2D eigenvalue weighted by Gasteiger charge is -2.23. The Kier molecular flexibility index (Phi) is 5.16. The molecule has 1 saturated carbocycles. The summed E-state index contributed by atoms with van der Waals surface area (Å²) in [5.41, 5.74) is 6.75. The average molecular weight is 292 g/mol. The third-order valence-electron chi connectivity index (χ3n) is 3.81. The lowest BCUT2D eigenvalue weighted by Crippen LogP contribution is -2.50. The number of carboxylic acids is 1. The molecule has 1 aromatic carbocycles. The minimum atomic E-state index is -1.07. The summed E-state index contributed by atoms with van der Waals surface area (Å²) in [5, 5.41) is 11.7. The van der Waals surface area contributed by atoms with Crippen LogP contribution in [-0.2, 0) is 16.1 Å². The van der Waals surface area contributed by atoms with Crippen molar-refractivity contribution in [3.8, 4) is 0 Å². The molecule has 0 aromatic heterocycles.